The highest BCUT2D eigenvalue weighted by Crippen LogP contribution is 2.31. The Hall–Kier alpha value is -3.63. The van der Waals surface area contributed by atoms with Crippen molar-refractivity contribution in [3.05, 3.63) is 66.2 Å². The Bertz CT molecular complexity index is 1120. The van der Waals surface area contributed by atoms with Gasteiger partial charge in [0.05, 0.1) is 24.9 Å². The van der Waals surface area contributed by atoms with Crippen LogP contribution in [0.25, 0.3) is 22.3 Å². The number of hydrogen-bond donors (Lipinski definition) is 1. The van der Waals surface area contributed by atoms with Crippen LogP contribution in [0.2, 0.25) is 0 Å². The van der Waals surface area contributed by atoms with Crippen LogP contribution < -0.4 is 4.74 Å². The first kappa shape index (κ1) is 16.8. The fourth-order valence-electron chi connectivity index (χ4n) is 2.81. The predicted octanol–water partition coefficient (Wildman–Crippen LogP) is 3.13. The predicted molar refractivity (Wildman–Crippen MR) is 97.8 cm³/mol. The van der Waals surface area contributed by atoms with E-state index < -0.39 is 0 Å². The van der Waals surface area contributed by atoms with E-state index in [-0.39, 0.29) is 6.61 Å². The second-order valence-corrected chi connectivity index (χ2v) is 5.97. The highest BCUT2D eigenvalue weighted by atomic mass is 16.5. The monoisotopic (exact) mass is 360 g/mol. The number of fused-ring (bicyclic) bond motifs is 1. The summed E-state index contributed by atoms with van der Waals surface area (Å²) in [4.78, 5) is 3.97. The van der Waals surface area contributed by atoms with Crippen molar-refractivity contribution >= 4 is 11.0 Å². The number of aromatic nitrogens is 3. The summed E-state index contributed by atoms with van der Waals surface area (Å²) in [5.74, 6) is 1.33. The number of benzene rings is 1. The number of ether oxygens (including phenoxy) is 1. The van der Waals surface area contributed by atoms with Crippen molar-refractivity contribution in [1.82, 2.24) is 14.8 Å². The zero-order valence-electron chi connectivity index (χ0n) is 14.4. The van der Waals surface area contributed by atoms with Crippen LogP contribution in [-0.2, 0) is 13.2 Å². The average molecular weight is 360 g/mol. The number of aliphatic hydroxyl groups is 1. The highest BCUT2D eigenvalue weighted by molar-refractivity contribution is 5.85. The molecule has 0 aliphatic carbocycles. The maximum absolute atomic E-state index is 9.24. The quantitative estimate of drug-likeness (QED) is 0.567. The number of pyridine rings is 1. The average Bonchev–Trinajstić information content (AvgIpc) is 3.32. The topological polar surface area (TPSA) is 97.1 Å². The van der Waals surface area contributed by atoms with E-state index in [2.05, 4.69) is 16.2 Å². The van der Waals surface area contributed by atoms with E-state index >= 15 is 0 Å². The fraction of sp³-hybridized carbons (Fsp3) is 0.150. The molecule has 0 fully saturated rings. The van der Waals surface area contributed by atoms with Crippen molar-refractivity contribution in [2.75, 3.05) is 6.61 Å². The number of aliphatic hydroxyl groups excluding tert-OH is 1. The molecule has 1 N–H and O–H groups in total. The molecule has 1 aromatic carbocycles. The van der Waals surface area contributed by atoms with Gasteiger partial charge in [-0.3, -0.25) is 9.67 Å². The molecular weight excluding hydrogens is 344 g/mol. The summed E-state index contributed by atoms with van der Waals surface area (Å²) >= 11 is 0. The second-order valence-electron chi connectivity index (χ2n) is 5.97. The first-order chi connectivity index (χ1) is 13.3. The molecule has 134 valence electrons. The van der Waals surface area contributed by atoms with Crippen LogP contribution in [-0.4, -0.2) is 26.5 Å². The Morgan fingerprint density at radius 2 is 2.15 bits per heavy atom. The maximum Gasteiger partial charge on any atom is 0.136 e. The molecule has 0 spiro atoms. The van der Waals surface area contributed by atoms with Crippen LogP contribution in [0, 0.1) is 11.3 Å². The van der Waals surface area contributed by atoms with Gasteiger partial charge in [0.1, 0.15) is 29.8 Å². The van der Waals surface area contributed by atoms with Crippen LogP contribution in [0.15, 0.2) is 59.5 Å². The van der Waals surface area contributed by atoms with Gasteiger partial charge in [0.2, 0.25) is 0 Å². The molecule has 27 heavy (non-hydrogen) atoms. The maximum atomic E-state index is 9.24. The Labute approximate surface area is 155 Å². The van der Waals surface area contributed by atoms with Gasteiger partial charge in [0.25, 0.3) is 0 Å². The lowest BCUT2D eigenvalue weighted by Gasteiger charge is -2.04. The summed E-state index contributed by atoms with van der Waals surface area (Å²) < 4.78 is 13.4. The number of furan rings is 1. The Morgan fingerprint density at radius 3 is 3.00 bits per heavy atom. The van der Waals surface area contributed by atoms with E-state index in [1.807, 2.05) is 30.5 Å². The molecule has 3 aromatic heterocycles. The number of nitrogens with zero attached hydrogens (tertiary/aromatic N) is 4. The van der Waals surface area contributed by atoms with Crippen molar-refractivity contribution in [1.29, 1.82) is 5.26 Å². The summed E-state index contributed by atoms with van der Waals surface area (Å²) in [5, 5.41) is 23.2. The molecule has 0 unspecified atom stereocenters. The number of nitriles is 1. The molecule has 0 saturated carbocycles. The standard InChI is InChI=1S/C20H16N4O3/c21-9-16-11-22-4-3-18(16)20-8-15-7-17(1-2-19(15)27-20)26-13-14-10-23-24(12-14)5-6-25/h1-4,7-8,10-12,25H,5-6,13H2. The number of hydrogen-bond acceptors (Lipinski definition) is 6. The third kappa shape index (κ3) is 3.52. The molecule has 3 heterocycles. The summed E-state index contributed by atoms with van der Waals surface area (Å²) in [7, 11) is 0. The van der Waals surface area contributed by atoms with Gasteiger partial charge in [-0.05, 0) is 30.3 Å². The fourth-order valence-corrected chi connectivity index (χ4v) is 2.81. The van der Waals surface area contributed by atoms with Gasteiger partial charge in [0, 0.05) is 35.1 Å². The smallest absolute Gasteiger partial charge is 0.136 e. The van der Waals surface area contributed by atoms with Gasteiger partial charge in [-0.15, -0.1) is 0 Å². The van der Waals surface area contributed by atoms with Crippen molar-refractivity contribution in [3.63, 3.8) is 0 Å². The van der Waals surface area contributed by atoms with Crippen LogP contribution in [0.5, 0.6) is 5.75 Å². The van der Waals surface area contributed by atoms with Crippen molar-refractivity contribution in [2.24, 2.45) is 0 Å². The van der Waals surface area contributed by atoms with E-state index in [4.69, 9.17) is 14.3 Å². The molecule has 0 saturated heterocycles. The lowest BCUT2D eigenvalue weighted by molar-refractivity contribution is 0.269. The largest absolute Gasteiger partial charge is 0.489 e. The molecule has 0 aliphatic rings. The molecule has 7 heteroatoms. The van der Waals surface area contributed by atoms with E-state index in [0.29, 0.717) is 41.4 Å². The molecule has 4 aromatic rings. The SMILES string of the molecule is N#Cc1cnccc1-c1cc2cc(OCc3cnn(CCO)c3)ccc2o1. The summed E-state index contributed by atoms with van der Waals surface area (Å²) in [6, 6.07) is 11.4. The molecule has 0 atom stereocenters. The van der Waals surface area contributed by atoms with Gasteiger partial charge >= 0.3 is 0 Å². The first-order valence-corrected chi connectivity index (χ1v) is 8.40. The normalized spacial score (nSPS) is 10.8. The Morgan fingerprint density at radius 1 is 1.22 bits per heavy atom. The summed E-state index contributed by atoms with van der Waals surface area (Å²) in [6.45, 7) is 0.889. The van der Waals surface area contributed by atoms with Crippen LogP contribution in [0.4, 0.5) is 0 Å². The molecular formula is C20H16N4O3. The highest BCUT2D eigenvalue weighted by Gasteiger charge is 2.11. The summed E-state index contributed by atoms with van der Waals surface area (Å²) in [5.41, 5.74) is 2.82. The van der Waals surface area contributed by atoms with Gasteiger partial charge in [-0.1, -0.05) is 0 Å². The molecule has 0 radical (unpaired) electrons. The van der Waals surface area contributed by atoms with Crippen LogP contribution >= 0.6 is 0 Å². The third-order valence-electron chi connectivity index (χ3n) is 4.12. The van der Waals surface area contributed by atoms with E-state index in [0.717, 1.165) is 10.9 Å². The van der Waals surface area contributed by atoms with Crippen molar-refractivity contribution in [2.45, 2.75) is 13.2 Å². The second kappa shape index (κ2) is 7.32. The van der Waals surface area contributed by atoms with Crippen molar-refractivity contribution in [3.8, 4) is 23.1 Å². The van der Waals surface area contributed by atoms with E-state index in [1.54, 1.807) is 23.1 Å². The van der Waals surface area contributed by atoms with Crippen LogP contribution in [0.3, 0.4) is 0 Å². The molecule has 0 aliphatic heterocycles. The first-order valence-electron chi connectivity index (χ1n) is 8.40. The van der Waals surface area contributed by atoms with Gasteiger partial charge in [-0.25, -0.2) is 0 Å². The Balaban J connectivity index is 1.55. The zero-order chi connectivity index (χ0) is 18.6. The van der Waals surface area contributed by atoms with Gasteiger partial charge in [-0.2, -0.15) is 10.4 Å². The molecule has 4 rings (SSSR count). The lowest BCUT2D eigenvalue weighted by atomic mass is 10.1. The number of rotatable bonds is 6. The van der Waals surface area contributed by atoms with Crippen molar-refractivity contribution < 1.29 is 14.3 Å². The zero-order valence-corrected chi connectivity index (χ0v) is 14.4. The summed E-state index contributed by atoms with van der Waals surface area (Å²) in [6.07, 6.45) is 6.72. The molecule has 0 amide bonds. The minimum absolute atomic E-state index is 0.0481. The Kier molecular flexibility index (Phi) is 4.56. The molecule has 7 nitrogen and oxygen atoms in total. The minimum atomic E-state index is 0.0481. The van der Waals surface area contributed by atoms with Gasteiger partial charge in [0.15, 0.2) is 0 Å². The lowest BCUT2D eigenvalue weighted by Crippen LogP contribution is -2.01. The third-order valence-corrected chi connectivity index (χ3v) is 4.12. The van der Waals surface area contributed by atoms with Crippen LogP contribution in [0.1, 0.15) is 11.1 Å². The minimum Gasteiger partial charge on any atom is -0.489 e. The van der Waals surface area contributed by atoms with E-state index in [9.17, 15) is 5.26 Å². The van der Waals surface area contributed by atoms with Gasteiger partial charge < -0.3 is 14.3 Å². The molecule has 0 bridgehead atoms. The van der Waals surface area contributed by atoms with E-state index in [1.165, 1.54) is 6.20 Å².